The Morgan fingerprint density at radius 2 is 1.32 bits per heavy atom. The Labute approximate surface area is 342 Å². The van der Waals surface area contributed by atoms with E-state index in [0.717, 1.165) is 42.5 Å². The molecule has 1 heterocycles. The van der Waals surface area contributed by atoms with Gasteiger partial charge in [0, 0.05) is 16.4 Å². The SMILES string of the molecule is Nc1c(N=Nc2ccc(S(=O)(=O)O)cc2)c(S(=O)(=O)O)cc2c1C(=O)/C(=N/Nc1cc(Nc3nc(F)nc(Nc4cccc(Cl)c4)n3)ccc1S(=O)(=O)O)C(S(=O)(=O)O)=C2. The first kappa shape index (κ1) is 43.2. The fourth-order valence-corrected chi connectivity index (χ4v) is 7.84. The lowest BCUT2D eigenvalue weighted by molar-refractivity contribution is 0.106. The molecule has 0 aliphatic heterocycles. The lowest BCUT2D eigenvalue weighted by Gasteiger charge is -2.20. The maximum Gasteiger partial charge on any atom is 0.315 e. The van der Waals surface area contributed by atoms with Gasteiger partial charge in [-0.1, -0.05) is 17.7 Å². The van der Waals surface area contributed by atoms with Gasteiger partial charge in [-0.05, 0) is 78.4 Å². The molecule has 9 N–H and O–H groups in total. The van der Waals surface area contributed by atoms with Crippen LogP contribution in [0, 0.1) is 6.08 Å². The summed E-state index contributed by atoms with van der Waals surface area (Å²) in [4.78, 5) is 21.2. The molecule has 23 nitrogen and oxygen atoms in total. The highest BCUT2D eigenvalue weighted by molar-refractivity contribution is 7.91. The number of hydrazone groups is 1. The van der Waals surface area contributed by atoms with Crippen molar-refractivity contribution in [3.05, 3.63) is 99.9 Å². The Morgan fingerprint density at radius 3 is 1.88 bits per heavy atom. The van der Waals surface area contributed by atoms with Gasteiger partial charge in [0.15, 0.2) is 5.71 Å². The number of halogens is 2. The van der Waals surface area contributed by atoms with Crippen LogP contribution < -0.4 is 21.8 Å². The first-order chi connectivity index (χ1) is 27.9. The molecule has 1 aromatic heterocycles. The van der Waals surface area contributed by atoms with Crippen LogP contribution in [0.5, 0.6) is 0 Å². The van der Waals surface area contributed by atoms with Crippen LogP contribution in [-0.4, -0.2) is 78.3 Å². The maximum atomic E-state index is 14.4. The summed E-state index contributed by atoms with van der Waals surface area (Å²) in [6.07, 6.45) is -0.725. The number of aromatic nitrogens is 3. The average molecular weight is 925 g/mol. The minimum absolute atomic E-state index is 0.125. The fraction of sp³-hybridized carbons (Fsp3) is 0. The van der Waals surface area contributed by atoms with Crippen LogP contribution in [0.2, 0.25) is 5.02 Å². The maximum absolute atomic E-state index is 14.4. The highest BCUT2D eigenvalue weighted by atomic mass is 35.5. The Balaban J connectivity index is 1.41. The van der Waals surface area contributed by atoms with E-state index >= 15 is 0 Å². The zero-order chi connectivity index (χ0) is 43.9. The third kappa shape index (κ3) is 9.73. The first-order valence-corrected chi connectivity index (χ1v) is 21.9. The van der Waals surface area contributed by atoms with Crippen molar-refractivity contribution in [3.8, 4) is 0 Å². The molecule has 0 radical (unpaired) electrons. The number of hydrogen-bond acceptors (Lipinski definition) is 19. The van der Waals surface area contributed by atoms with Gasteiger partial charge in [-0.3, -0.25) is 28.4 Å². The molecular weight excluding hydrogens is 903 g/mol. The van der Waals surface area contributed by atoms with Crippen LogP contribution >= 0.6 is 11.6 Å². The minimum atomic E-state index is -5.44. The van der Waals surface area contributed by atoms with Crippen molar-refractivity contribution in [2.24, 2.45) is 15.3 Å². The fourth-order valence-electron chi connectivity index (χ4n) is 5.21. The molecule has 0 amide bonds. The molecular formula is C31H22ClFN10O13S4. The molecule has 0 bridgehead atoms. The van der Waals surface area contributed by atoms with Crippen molar-refractivity contribution in [1.82, 2.24) is 15.0 Å². The molecule has 1 aliphatic rings. The quantitative estimate of drug-likeness (QED) is 0.0361. The molecule has 0 spiro atoms. The summed E-state index contributed by atoms with van der Waals surface area (Å²) in [6, 6.07) is 13.5. The molecule has 1 aliphatic carbocycles. The molecule has 6 rings (SSSR count). The van der Waals surface area contributed by atoms with Gasteiger partial charge in [-0.25, -0.2) is 0 Å². The summed E-state index contributed by atoms with van der Waals surface area (Å²) in [5, 5.41) is 16.7. The molecule has 0 saturated carbocycles. The summed E-state index contributed by atoms with van der Waals surface area (Å²) in [6.45, 7) is 0. The Bertz CT molecular complexity index is 3190. The number of nitrogens with zero attached hydrogens (tertiary/aromatic N) is 6. The second-order valence-electron chi connectivity index (χ2n) is 11.8. The van der Waals surface area contributed by atoms with E-state index in [9.17, 15) is 61.1 Å². The molecule has 29 heteroatoms. The average Bonchev–Trinajstić information content (AvgIpc) is 3.12. The van der Waals surface area contributed by atoms with Crippen molar-refractivity contribution in [3.63, 3.8) is 0 Å². The van der Waals surface area contributed by atoms with Crippen LogP contribution in [0.3, 0.4) is 0 Å². The van der Waals surface area contributed by atoms with E-state index < -0.39 is 112 Å². The number of rotatable bonds is 12. The Morgan fingerprint density at radius 1 is 0.700 bits per heavy atom. The number of Topliss-reactive ketones (excluding diaryl/α,β-unsaturated/α-hetero) is 1. The molecule has 60 heavy (non-hydrogen) atoms. The van der Waals surface area contributed by atoms with Gasteiger partial charge in [0.05, 0.1) is 27.5 Å². The molecule has 312 valence electrons. The third-order valence-corrected chi connectivity index (χ3v) is 11.5. The summed E-state index contributed by atoms with van der Waals surface area (Å²) in [5.74, 6) is -2.19. The van der Waals surface area contributed by atoms with Crippen LogP contribution in [-0.2, 0) is 40.5 Å². The van der Waals surface area contributed by atoms with Gasteiger partial charge >= 0.3 is 6.08 Å². The van der Waals surface area contributed by atoms with Crippen molar-refractivity contribution >= 4 is 116 Å². The molecule has 0 unspecified atom stereocenters. The van der Waals surface area contributed by atoms with Gasteiger partial charge in [-0.2, -0.15) is 63.2 Å². The number of azo groups is 1. The zero-order valence-electron chi connectivity index (χ0n) is 29.1. The summed E-state index contributed by atoms with van der Waals surface area (Å²) < 4.78 is 151. The number of allylic oxidation sites excluding steroid dienone is 1. The largest absolute Gasteiger partial charge is 0.396 e. The molecule has 0 atom stereocenters. The number of anilines is 6. The van der Waals surface area contributed by atoms with Gasteiger partial charge in [0.1, 0.15) is 20.4 Å². The summed E-state index contributed by atoms with van der Waals surface area (Å²) >= 11 is 5.98. The second kappa shape index (κ2) is 16.0. The third-order valence-electron chi connectivity index (χ3n) is 7.74. The highest BCUT2D eigenvalue weighted by Crippen LogP contribution is 2.41. The van der Waals surface area contributed by atoms with Gasteiger partial charge in [0.2, 0.25) is 17.7 Å². The Hall–Kier alpha value is -6.37. The standard InChI is InChI=1S/C31H22ClFN10O13S4/c32-15-2-1-3-17(12-15)35-30-37-29(33)38-31(39-30)36-18-6-9-21(58(48,49)50)20(13-18)41-43-27-23(60(54,55)56)11-14-10-22(59(51,52)53)26(25(34)24(14)28(27)44)42-40-16-4-7-19(8-5-16)57(45,46)47/h1-13,41H,34H2,(H,45,46,47)(H,48,49,50)(H,51,52,53)(H,54,55,56)(H2,35,36,37,38,39)/b42-40?,43-27+. The normalized spacial score (nSPS) is 14.2. The van der Waals surface area contributed by atoms with Crippen LogP contribution in [0.1, 0.15) is 15.9 Å². The first-order valence-electron chi connectivity index (χ1n) is 15.7. The number of benzene rings is 4. The van der Waals surface area contributed by atoms with E-state index in [1.807, 2.05) is 0 Å². The predicted octanol–water partition coefficient (Wildman–Crippen LogP) is 4.78. The van der Waals surface area contributed by atoms with Crippen LogP contribution in [0.15, 0.2) is 108 Å². The van der Waals surface area contributed by atoms with E-state index in [1.54, 1.807) is 18.2 Å². The summed E-state index contributed by atoms with van der Waals surface area (Å²) in [7, 11) is -20.5. The van der Waals surface area contributed by atoms with Gasteiger partial charge in [-0.15, -0.1) is 5.11 Å². The van der Waals surface area contributed by atoms with E-state index in [0.29, 0.717) is 22.9 Å². The monoisotopic (exact) mass is 924 g/mol. The molecule has 0 saturated heterocycles. The summed E-state index contributed by atoms with van der Waals surface area (Å²) in [5.41, 5.74) is 3.45. The Kier molecular flexibility index (Phi) is 11.5. The van der Waals surface area contributed by atoms with E-state index in [2.05, 4.69) is 46.3 Å². The minimum Gasteiger partial charge on any atom is -0.396 e. The lowest BCUT2D eigenvalue weighted by Crippen LogP contribution is -2.28. The van der Waals surface area contributed by atoms with Crippen LogP contribution in [0.25, 0.3) is 6.08 Å². The second-order valence-corrected chi connectivity index (χ2v) is 17.9. The number of ketones is 1. The van der Waals surface area contributed by atoms with Crippen molar-refractivity contribution in [2.75, 3.05) is 21.8 Å². The number of hydrogen-bond donors (Lipinski definition) is 8. The molecule has 5 aromatic rings. The van der Waals surface area contributed by atoms with E-state index in [-0.39, 0.29) is 17.3 Å². The predicted molar refractivity (Wildman–Crippen MR) is 210 cm³/mol. The lowest BCUT2D eigenvalue weighted by atomic mass is 9.92. The van der Waals surface area contributed by atoms with Crippen molar-refractivity contribution in [2.45, 2.75) is 14.7 Å². The number of carbonyl (C=O) groups is 1. The molecule has 0 fully saturated rings. The number of nitrogens with one attached hydrogen (secondary N) is 3. The van der Waals surface area contributed by atoms with Gasteiger partial charge in [0.25, 0.3) is 40.5 Å². The smallest absolute Gasteiger partial charge is 0.315 e. The van der Waals surface area contributed by atoms with Crippen molar-refractivity contribution in [1.29, 1.82) is 0 Å². The van der Waals surface area contributed by atoms with Gasteiger partial charge < -0.3 is 16.4 Å². The number of carbonyl (C=O) groups excluding carboxylic acids is 1. The van der Waals surface area contributed by atoms with Crippen molar-refractivity contribution < 1.29 is 61.1 Å². The molecule has 4 aromatic carbocycles. The topological polar surface area (TPSA) is 372 Å². The zero-order valence-corrected chi connectivity index (χ0v) is 33.1. The van der Waals surface area contributed by atoms with E-state index in [1.165, 1.54) is 6.07 Å². The van der Waals surface area contributed by atoms with Crippen LogP contribution in [0.4, 0.5) is 50.4 Å². The highest BCUT2D eigenvalue weighted by Gasteiger charge is 2.37. The van der Waals surface area contributed by atoms with E-state index in [4.69, 9.17) is 17.3 Å². The number of fused-ring (bicyclic) bond motifs is 1. The number of nitrogens with two attached hydrogens (primary N) is 1. The number of nitrogen functional groups attached to an aromatic ring is 1.